The Kier molecular flexibility index (Phi) is 8.17. The molecule has 0 unspecified atom stereocenters. The maximum absolute atomic E-state index is 11.7. The van der Waals surface area contributed by atoms with Gasteiger partial charge in [0, 0.05) is 17.1 Å². The Balaban J connectivity index is 0.00000361. The predicted molar refractivity (Wildman–Crippen MR) is 85.7 cm³/mol. The normalized spacial score (nSPS) is 11.1. The smallest absolute Gasteiger partial charge is 0.310 e. The minimum Gasteiger partial charge on any atom is -0.464 e. The van der Waals surface area contributed by atoms with E-state index in [9.17, 15) is 4.79 Å². The van der Waals surface area contributed by atoms with Crippen LogP contribution >= 0.6 is 24.0 Å². The van der Waals surface area contributed by atoms with E-state index in [1.165, 1.54) is 0 Å². The summed E-state index contributed by atoms with van der Waals surface area (Å²) in [5.41, 5.74) is 1.00. The third-order valence-electron chi connectivity index (χ3n) is 3.10. The first kappa shape index (κ1) is 19.2. The molecule has 114 valence electrons. The highest BCUT2D eigenvalue weighted by molar-refractivity contribution is 6.30. The second-order valence-corrected chi connectivity index (χ2v) is 6.05. The van der Waals surface area contributed by atoms with Crippen LogP contribution in [0, 0.1) is 0 Å². The van der Waals surface area contributed by atoms with Crippen molar-refractivity contribution in [2.24, 2.45) is 0 Å². The van der Waals surface area contributed by atoms with Crippen molar-refractivity contribution in [3.8, 4) is 0 Å². The monoisotopic (exact) mass is 319 g/mol. The van der Waals surface area contributed by atoms with Gasteiger partial charge in [-0.15, -0.1) is 12.4 Å². The lowest BCUT2D eigenvalue weighted by Gasteiger charge is -2.31. The second-order valence-electron chi connectivity index (χ2n) is 5.62. The van der Waals surface area contributed by atoms with E-state index in [2.05, 4.69) is 25.7 Å². The molecular formula is C15H23Cl2NO2. The molecule has 1 aromatic carbocycles. The van der Waals surface area contributed by atoms with Crippen molar-refractivity contribution in [1.29, 1.82) is 0 Å². The van der Waals surface area contributed by atoms with E-state index < -0.39 is 0 Å². The maximum atomic E-state index is 11.7. The number of carbonyl (C=O) groups excluding carboxylic acids is 1. The first-order chi connectivity index (χ1) is 8.79. The lowest BCUT2D eigenvalue weighted by molar-refractivity contribution is -0.143. The van der Waals surface area contributed by atoms with Gasteiger partial charge >= 0.3 is 5.97 Å². The molecule has 0 N–H and O–H groups in total. The largest absolute Gasteiger partial charge is 0.464 e. The van der Waals surface area contributed by atoms with Gasteiger partial charge in [-0.05, 0) is 45.5 Å². The van der Waals surface area contributed by atoms with Gasteiger partial charge in [-0.2, -0.15) is 0 Å². The van der Waals surface area contributed by atoms with E-state index in [4.69, 9.17) is 16.3 Å². The van der Waals surface area contributed by atoms with Gasteiger partial charge < -0.3 is 4.74 Å². The average Bonchev–Trinajstić information content (AvgIpc) is 2.31. The van der Waals surface area contributed by atoms with Gasteiger partial charge in [-0.1, -0.05) is 23.7 Å². The van der Waals surface area contributed by atoms with E-state index in [-0.39, 0.29) is 30.3 Å². The molecule has 0 aromatic heterocycles. The third kappa shape index (κ3) is 7.13. The number of hydrogen-bond donors (Lipinski definition) is 0. The number of hydrogen-bond acceptors (Lipinski definition) is 3. The van der Waals surface area contributed by atoms with Gasteiger partial charge in [0.15, 0.2) is 0 Å². The summed E-state index contributed by atoms with van der Waals surface area (Å²) < 4.78 is 5.23. The summed E-state index contributed by atoms with van der Waals surface area (Å²) in [6, 6.07) is 7.23. The molecular weight excluding hydrogens is 297 g/mol. The SMILES string of the molecule is CN(CCOC(=O)Cc1ccc(Cl)cc1)C(C)(C)C.Cl. The van der Waals surface area contributed by atoms with Crippen LogP contribution in [0.3, 0.4) is 0 Å². The zero-order chi connectivity index (χ0) is 14.5. The van der Waals surface area contributed by atoms with Crippen LogP contribution in [0.1, 0.15) is 26.3 Å². The van der Waals surface area contributed by atoms with Gasteiger partial charge in [-0.25, -0.2) is 0 Å². The number of ether oxygens (including phenoxy) is 1. The molecule has 3 nitrogen and oxygen atoms in total. The minimum atomic E-state index is -0.204. The zero-order valence-electron chi connectivity index (χ0n) is 12.5. The van der Waals surface area contributed by atoms with E-state index >= 15 is 0 Å². The highest BCUT2D eigenvalue weighted by Crippen LogP contribution is 2.11. The molecule has 0 fully saturated rings. The highest BCUT2D eigenvalue weighted by Gasteiger charge is 2.16. The summed E-state index contributed by atoms with van der Waals surface area (Å²) in [6.45, 7) is 7.53. The van der Waals surface area contributed by atoms with Gasteiger partial charge in [0.05, 0.1) is 6.42 Å². The number of halogens is 2. The molecule has 1 aromatic rings. The van der Waals surface area contributed by atoms with Crippen molar-refractivity contribution in [2.75, 3.05) is 20.2 Å². The van der Waals surface area contributed by atoms with Crippen LogP contribution in [-0.2, 0) is 16.0 Å². The quantitative estimate of drug-likeness (QED) is 0.777. The summed E-state index contributed by atoms with van der Waals surface area (Å²) in [7, 11) is 2.02. The third-order valence-corrected chi connectivity index (χ3v) is 3.35. The molecule has 0 atom stereocenters. The highest BCUT2D eigenvalue weighted by atomic mass is 35.5. The van der Waals surface area contributed by atoms with Crippen molar-refractivity contribution in [2.45, 2.75) is 32.7 Å². The topological polar surface area (TPSA) is 29.5 Å². The van der Waals surface area contributed by atoms with Gasteiger partial charge in [-0.3, -0.25) is 9.69 Å². The summed E-state index contributed by atoms with van der Waals surface area (Å²) >= 11 is 5.79. The molecule has 20 heavy (non-hydrogen) atoms. The molecule has 0 radical (unpaired) electrons. The number of likely N-dealkylation sites (N-methyl/N-ethyl adjacent to an activating group) is 1. The Morgan fingerprint density at radius 3 is 2.30 bits per heavy atom. The van der Waals surface area contributed by atoms with Crippen LogP contribution in [0.5, 0.6) is 0 Å². The van der Waals surface area contributed by atoms with Crippen molar-refractivity contribution in [3.63, 3.8) is 0 Å². The predicted octanol–water partition coefficient (Wildman–Crippen LogP) is 3.58. The fourth-order valence-corrected chi connectivity index (χ4v) is 1.58. The fraction of sp³-hybridized carbons (Fsp3) is 0.533. The van der Waals surface area contributed by atoms with E-state index in [0.717, 1.165) is 12.1 Å². The minimum absolute atomic E-state index is 0. The summed E-state index contributed by atoms with van der Waals surface area (Å²) in [5.74, 6) is -0.204. The molecule has 0 aliphatic heterocycles. The molecule has 0 heterocycles. The summed E-state index contributed by atoms with van der Waals surface area (Å²) in [6.07, 6.45) is 0.288. The molecule has 0 saturated carbocycles. The maximum Gasteiger partial charge on any atom is 0.310 e. The van der Waals surface area contributed by atoms with E-state index in [0.29, 0.717) is 11.6 Å². The standard InChI is InChI=1S/C15H22ClNO2.ClH/c1-15(2,3)17(4)9-10-19-14(18)11-12-5-7-13(16)8-6-12;/h5-8H,9-11H2,1-4H3;1H. The van der Waals surface area contributed by atoms with Crippen molar-refractivity contribution in [3.05, 3.63) is 34.9 Å². The Hall–Kier alpha value is -0.770. The van der Waals surface area contributed by atoms with Gasteiger partial charge in [0.1, 0.15) is 6.61 Å². The molecule has 0 amide bonds. The summed E-state index contributed by atoms with van der Waals surface area (Å²) in [5, 5.41) is 0.670. The van der Waals surface area contributed by atoms with Crippen LogP contribution in [0.25, 0.3) is 0 Å². The lowest BCUT2D eigenvalue weighted by atomic mass is 10.1. The van der Waals surface area contributed by atoms with Gasteiger partial charge in [0.25, 0.3) is 0 Å². The first-order valence-corrected chi connectivity index (χ1v) is 6.78. The molecule has 0 bridgehead atoms. The average molecular weight is 320 g/mol. The molecule has 0 spiro atoms. The first-order valence-electron chi connectivity index (χ1n) is 6.40. The van der Waals surface area contributed by atoms with Crippen LogP contribution < -0.4 is 0 Å². The Labute approximate surface area is 132 Å². The molecule has 5 heteroatoms. The molecule has 1 rings (SSSR count). The lowest BCUT2D eigenvalue weighted by Crippen LogP contribution is -2.40. The number of carbonyl (C=O) groups is 1. The Bertz CT molecular complexity index is 413. The number of rotatable bonds is 5. The molecule has 0 aliphatic rings. The second kappa shape index (κ2) is 8.50. The van der Waals surface area contributed by atoms with Gasteiger partial charge in [0.2, 0.25) is 0 Å². The zero-order valence-corrected chi connectivity index (χ0v) is 14.1. The number of esters is 1. The van der Waals surface area contributed by atoms with Crippen LogP contribution in [0.2, 0.25) is 5.02 Å². The Morgan fingerprint density at radius 1 is 1.25 bits per heavy atom. The van der Waals surface area contributed by atoms with Crippen molar-refractivity contribution >= 4 is 30.0 Å². The van der Waals surface area contributed by atoms with E-state index in [1.54, 1.807) is 12.1 Å². The summed E-state index contributed by atoms with van der Waals surface area (Å²) in [4.78, 5) is 13.8. The fourth-order valence-electron chi connectivity index (χ4n) is 1.45. The van der Waals surface area contributed by atoms with Crippen molar-refractivity contribution in [1.82, 2.24) is 4.90 Å². The number of nitrogens with zero attached hydrogens (tertiary/aromatic N) is 1. The van der Waals surface area contributed by atoms with E-state index in [1.807, 2.05) is 19.2 Å². The molecule has 0 aliphatic carbocycles. The van der Waals surface area contributed by atoms with Crippen molar-refractivity contribution < 1.29 is 9.53 Å². The van der Waals surface area contributed by atoms with Crippen LogP contribution in [0.15, 0.2) is 24.3 Å². The number of benzene rings is 1. The molecule has 0 saturated heterocycles. The van der Waals surface area contributed by atoms with Crippen LogP contribution in [0.4, 0.5) is 0 Å². The van der Waals surface area contributed by atoms with Crippen LogP contribution in [-0.4, -0.2) is 36.6 Å². The Morgan fingerprint density at radius 2 is 1.80 bits per heavy atom.